The zero-order valence-electron chi connectivity index (χ0n) is 8.78. The topological polar surface area (TPSA) is 49.8 Å². The van der Waals surface area contributed by atoms with Gasteiger partial charge in [0.25, 0.3) is 0 Å². The quantitative estimate of drug-likeness (QED) is 0.778. The number of ether oxygens (including phenoxy) is 1. The molecule has 0 bridgehead atoms. The van der Waals surface area contributed by atoms with E-state index in [4.69, 9.17) is 9.84 Å². The standard InChI is InChI=1S/C12H13FO3/c13-10-5-1-3-9(7-10)4-2-6-12(8-16-12)11(14)15/h1,3,5,7H,2,4,6,8H2,(H,14,15). The first kappa shape index (κ1) is 11.1. The first-order chi connectivity index (χ1) is 7.62. The third kappa shape index (κ3) is 2.39. The lowest BCUT2D eigenvalue weighted by molar-refractivity contribution is -0.143. The fraction of sp³-hybridized carbons (Fsp3) is 0.417. The predicted octanol–water partition coefficient (Wildman–Crippen LogP) is 2.00. The number of carboxylic acids is 1. The second kappa shape index (κ2) is 4.22. The maximum atomic E-state index is 12.9. The molecule has 1 N–H and O–H groups in total. The average Bonchev–Trinajstić information content (AvgIpc) is 2.99. The smallest absolute Gasteiger partial charge is 0.338 e. The molecular weight excluding hydrogens is 211 g/mol. The third-order valence-electron chi connectivity index (χ3n) is 2.82. The monoisotopic (exact) mass is 224 g/mol. The maximum Gasteiger partial charge on any atom is 0.338 e. The fourth-order valence-corrected chi connectivity index (χ4v) is 1.73. The van der Waals surface area contributed by atoms with Crippen LogP contribution in [0.1, 0.15) is 18.4 Å². The Hall–Kier alpha value is -1.42. The van der Waals surface area contributed by atoms with Crippen LogP contribution in [-0.2, 0) is 16.0 Å². The second-order valence-corrected chi connectivity index (χ2v) is 4.07. The summed E-state index contributed by atoms with van der Waals surface area (Å²) in [6.45, 7) is 0.297. The van der Waals surface area contributed by atoms with Crippen molar-refractivity contribution in [3.05, 3.63) is 35.6 Å². The molecule has 1 unspecified atom stereocenters. The fourth-order valence-electron chi connectivity index (χ4n) is 1.73. The van der Waals surface area contributed by atoms with Crippen LogP contribution in [-0.4, -0.2) is 23.3 Å². The van der Waals surface area contributed by atoms with Gasteiger partial charge in [0.1, 0.15) is 5.82 Å². The summed E-state index contributed by atoms with van der Waals surface area (Å²) >= 11 is 0. The molecule has 4 heteroatoms. The van der Waals surface area contributed by atoms with E-state index < -0.39 is 11.6 Å². The second-order valence-electron chi connectivity index (χ2n) is 4.07. The van der Waals surface area contributed by atoms with Crippen molar-refractivity contribution in [2.24, 2.45) is 0 Å². The number of hydrogen-bond acceptors (Lipinski definition) is 2. The molecule has 2 rings (SSSR count). The van der Waals surface area contributed by atoms with Gasteiger partial charge in [-0.15, -0.1) is 0 Å². The van der Waals surface area contributed by atoms with E-state index in [-0.39, 0.29) is 5.82 Å². The summed E-state index contributed by atoms with van der Waals surface area (Å²) in [6.07, 6.45) is 1.85. The van der Waals surface area contributed by atoms with Crippen LogP contribution in [0.3, 0.4) is 0 Å². The minimum atomic E-state index is -0.951. The Balaban J connectivity index is 1.83. The predicted molar refractivity (Wildman–Crippen MR) is 55.7 cm³/mol. The van der Waals surface area contributed by atoms with Gasteiger partial charge in [0, 0.05) is 0 Å². The molecule has 1 aromatic carbocycles. The van der Waals surface area contributed by atoms with Crippen LogP contribution in [0.4, 0.5) is 4.39 Å². The molecule has 0 amide bonds. The van der Waals surface area contributed by atoms with Crippen molar-refractivity contribution in [1.82, 2.24) is 0 Å². The van der Waals surface area contributed by atoms with E-state index in [0.29, 0.717) is 25.9 Å². The van der Waals surface area contributed by atoms with Gasteiger partial charge in [0.2, 0.25) is 0 Å². The molecular formula is C12H13FO3. The third-order valence-corrected chi connectivity index (χ3v) is 2.82. The van der Waals surface area contributed by atoms with Crippen molar-refractivity contribution in [1.29, 1.82) is 0 Å². The van der Waals surface area contributed by atoms with Crippen LogP contribution in [0, 0.1) is 5.82 Å². The molecule has 1 aliphatic heterocycles. The highest BCUT2D eigenvalue weighted by molar-refractivity contribution is 5.80. The first-order valence-corrected chi connectivity index (χ1v) is 5.24. The van der Waals surface area contributed by atoms with Gasteiger partial charge in [0.15, 0.2) is 5.60 Å². The van der Waals surface area contributed by atoms with Gasteiger partial charge in [0.05, 0.1) is 6.61 Å². The van der Waals surface area contributed by atoms with Crippen molar-refractivity contribution >= 4 is 5.97 Å². The van der Waals surface area contributed by atoms with Crippen molar-refractivity contribution in [3.63, 3.8) is 0 Å². The lowest BCUT2D eigenvalue weighted by Gasteiger charge is -2.06. The van der Waals surface area contributed by atoms with E-state index in [1.165, 1.54) is 12.1 Å². The van der Waals surface area contributed by atoms with Gasteiger partial charge in [-0.3, -0.25) is 0 Å². The summed E-state index contributed by atoms with van der Waals surface area (Å²) in [4.78, 5) is 10.8. The Kier molecular flexibility index (Phi) is 2.92. The van der Waals surface area contributed by atoms with Gasteiger partial charge in [-0.1, -0.05) is 12.1 Å². The Labute approximate surface area is 92.9 Å². The molecule has 1 aliphatic rings. The maximum absolute atomic E-state index is 12.9. The number of epoxide rings is 1. The SMILES string of the molecule is O=C(O)C1(CCCc2cccc(F)c2)CO1. The highest BCUT2D eigenvalue weighted by Crippen LogP contribution is 2.32. The average molecular weight is 224 g/mol. The first-order valence-electron chi connectivity index (χ1n) is 5.24. The van der Waals surface area contributed by atoms with E-state index in [1.54, 1.807) is 6.07 Å². The lowest BCUT2D eigenvalue weighted by Crippen LogP contribution is -2.23. The summed E-state index contributed by atoms with van der Waals surface area (Å²) in [5.74, 6) is -1.15. The molecule has 0 aromatic heterocycles. The zero-order chi connectivity index (χ0) is 11.6. The molecule has 3 nitrogen and oxygen atoms in total. The molecule has 0 radical (unpaired) electrons. The molecule has 0 spiro atoms. The Bertz CT molecular complexity index is 399. The van der Waals surface area contributed by atoms with E-state index in [1.807, 2.05) is 6.07 Å². The minimum absolute atomic E-state index is 0.256. The molecule has 1 saturated heterocycles. The van der Waals surface area contributed by atoms with Gasteiger partial charge in [-0.2, -0.15) is 0 Å². The van der Waals surface area contributed by atoms with Gasteiger partial charge >= 0.3 is 5.97 Å². The van der Waals surface area contributed by atoms with Crippen LogP contribution in [0.2, 0.25) is 0 Å². The number of carboxylic acid groups (broad SMARTS) is 1. The Morgan fingerprint density at radius 2 is 2.31 bits per heavy atom. The zero-order valence-corrected chi connectivity index (χ0v) is 8.78. The molecule has 0 saturated carbocycles. The normalized spacial score (nSPS) is 23.1. The highest BCUT2D eigenvalue weighted by atomic mass is 19.1. The van der Waals surface area contributed by atoms with Crippen molar-refractivity contribution < 1.29 is 19.0 Å². The number of benzene rings is 1. The van der Waals surface area contributed by atoms with Crippen molar-refractivity contribution in [2.75, 3.05) is 6.61 Å². The Morgan fingerprint density at radius 1 is 1.56 bits per heavy atom. The van der Waals surface area contributed by atoms with E-state index in [0.717, 1.165) is 5.56 Å². The Morgan fingerprint density at radius 3 is 2.88 bits per heavy atom. The van der Waals surface area contributed by atoms with Crippen LogP contribution >= 0.6 is 0 Å². The molecule has 1 atom stereocenters. The molecule has 0 aliphatic carbocycles. The van der Waals surface area contributed by atoms with E-state index in [2.05, 4.69) is 0 Å². The van der Waals surface area contributed by atoms with Crippen LogP contribution < -0.4 is 0 Å². The summed E-state index contributed by atoms with van der Waals surface area (Å²) in [7, 11) is 0. The number of halogens is 1. The van der Waals surface area contributed by atoms with Crippen LogP contribution in [0.25, 0.3) is 0 Å². The number of carbonyl (C=O) groups is 1. The highest BCUT2D eigenvalue weighted by Gasteiger charge is 2.51. The van der Waals surface area contributed by atoms with Gasteiger partial charge in [-0.05, 0) is 37.0 Å². The van der Waals surface area contributed by atoms with E-state index >= 15 is 0 Å². The number of rotatable bonds is 5. The van der Waals surface area contributed by atoms with E-state index in [9.17, 15) is 9.18 Å². The molecule has 1 fully saturated rings. The summed E-state index contributed by atoms with van der Waals surface area (Å²) < 4.78 is 17.8. The molecule has 1 aromatic rings. The van der Waals surface area contributed by atoms with Gasteiger partial charge < -0.3 is 9.84 Å². The van der Waals surface area contributed by atoms with Crippen molar-refractivity contribution in [3.8, 4) is 0 Å². The molecule has 1 heterocycles. The van der Waals surface area contributed by atoms with Crippen LogP contribution in [0.15, 0.2) is 24.3 Å². The van der Waals surface area contributed by atoms with Crippen LogP contribution in [0.5, 0.6) is 0 Å². The summed E-state index contributed by atoms with van der Waals surface area (Å²) in [6, 6.07) is 6.36. The van der Waals surface area contributed by atoms with Crippen molar-refractivity contribution in [2.45, 2.75) is 24.9 Å². The lowest BCUT2D eigenvalue weighted by atomic mass is 10.0. The molecule has 86 valence electrons. The summed E-state index contributed by atoms with van der Waals surface area (Å²) in [5, 5.41) is 8.86. The number of hydrogen-bond donors (Lipinski definition) is 1. The minimum Gasteiger partial charge on any atom is -0.479 e. The van der Waals surface area contributed by atoms with Gasteiger partial charge in [-0.25, -0.2) is 9.18 Å². The largest absolute Gasteiger partial charge is 0.479 e. The molecule has 16 heavy (non-hydrogen) atoms. The summed E-state index contributed by atoms with van der Waals surface area (Å²) in [5.41, 5.74) is -0.0611. The number of aliphatic carboxylic acids is 1. The number of aryl methyl sites for hydroxylation is 1.